The number of hydrogen-bond donors (Lipinski definition) is 3. The van der Waals surface area contributed by atoms with Crippen LogP contribution in [0.3, 0.4) is 0 Å². The van der Waals surface area contributed by atoms with Gasteiger partial charge in [0, 0.05) is 23.4 Å². The second-order valence-electron chi connectivity index (χ2n) is 4.84. The molecule has 2 aromatic rings. The van der Waals surface area contributed by atoms with Gasteiger partial charge in [0.25, 0.3) is 5.91 Å². The van der Waals surface area contributed by atoms with E-state index in [1.807, 2.05) is 0 Å². The Hall–Kier alpha value is -2.56. The van der Waals surface area contributed by atoms with Crippen molar-refractivity contribution in [3.8, 4) is 5.75 Å². The van der Waals surface area contributed by atoms with Crippen LogP contribution < -0.4 is 11.1 Å². The molecule has 0 aliphatic rings. The van der Waals surface area contributed by atoms with E-state index in [4.69, 9.17) is 5.73 Å². The molecule has 2 rings (SSSR count). The third-order valence-electron chi connectivity index (χ3n) is 3.28. The summed E-state index contributed by atoms with van der Waals surface area (Å²) in [6.07, 6.45) is 0.621. The first-order chi connectivity index (χ1) is 9.97. The highest BCUT2D eigenvalue weighted by Gasteiger charge is 2.10. The van der Waals surface area contributed by atoms with Gasteiger partial charge in [0.1, 0.15) is 11.6 Å². The van der Waals surface area contributed by atoms with E-state index in [9.17, 15) is 14.3 Å². The van der Waals surface area contributed by atoms with Crippen molar-refractivity contribution in [1.29, 1.82) is 0 Å². The van der Waals surface area contributed by atoms with Crippen molar-refractivity contribution in [2.45, 2.75) is 13.3 Å². The summed E-state index contributed by atoms with van der Waals surface area (Å²) in [6.45, 7) is 1.98. The first-order valence-corrected chi connectivity index (χ1v) is 6.59. The fourth-order valence-corrected chi connectivity index (χ4v) is 1.92. The molecule has 1 amide bonds. The summed E-state index contributed by atoms with van der Waals surface area (Å²) in [7, 11) is 0. The van der Waals surface area contributed by atoms with Crippen molar-refractivity contribution in [2.24, 2.45) is 0 Å². The number of carbonyl (C=O) groups is 1. The van der Waals surface area contributed by atoms with Crippen LogP contribution >= 0.6 is 0 Å². The van der Waals surface area contributed by atoms with Crippen LogP contribution in [0.2, 0.25) is 0 Å². The molecule has 0 radical (unpaired) electrons. The number of carbonyl (C=O) groups excluding carboxylic acids is 1. The van der Waals surface area contributed by atoms with Crippen molar-refractivity contribution >= 4 is 11.6 Å². The summed E-state index contributed by atoms with van der Waals surface area (Å²) in [5.41, 5.74) is 7.45. The number of phenolic OH excluding ortho intramolecular Hbond substituents is 1. The van der Waals surface area contributed by atoms with Gasteiger partial charge in [0.15, 0.2) is 0 Å². The number of hydrogen-bond acceptors (Lipinski definition) is 3. The van der Waals surface area contributed by atoms with Gasteiger partial charge in [-0.15, -0.1) is 0 Å². The summed E-state index contributed by atoms with van der Waals surface area (Å²) < 4.78 is 13.5. The zero-order valence-corrected chi connectivity index (χ0v) is 11.7. The van der Waals surface area contributed by atoms with E-state index in [0.717, 1.165) is 5.56 Å². The van der Waals surface area contributed by atoms with E-state index in [0.29, 0.717) is 18.5 Å². The van der Waals surface area contributed by atoms with Crippen molar-refractivity contribution in [3.05, 3.63) is 58.9 Å². The van der Waals surface area contributed by atoms with E-state index >= 15 is 0 Å². The van der Waals surface area contributed by atoms with Gasteiger partial charge in [-0.2, -0.15) is 0 Å². The van der Waals surface area contributed by atoms with Crippen LogP contribution in [0.5, 0.6) is 5.75 Å². The molecule has 0 saturated heterocycles. The average Bonchev–Trinajstić information content (AvgIpc) is 2.46. The number of aromatic hydroxyl groups is 1. The van der Waals surface area contributed by atoms with Gasteiger partial charge < -0.3 is 16.2 Å². The number of anilines is 1. The maximum Gasteiger partial charge on any atom is 0.251 e. The maximum atomic E-state index is 13.5. The number of phenols is 1. The number of amides is 1. The Morgan fingerprint density at radius 1 is 1.29 bits per heavy atom. The fourth-order valence-electron chi connectivity index (χ4n) is 1.92. The highest BCUT2D eigenvalue weighted by atomic mass is 19.1. The van der Waals surface area contributed by atoms with Crippen LogP contribution in [-0.2, 0) is 6.42 Å². The predicted octanol–water partition coefficient (Wildman–Crippen LogP) is 2.39. The quantitative estimate of drug-likeness (QED) is 0.756. The van der Waals surface area contributed by atoms with Crippen LogP contribution in [0.25, 0.3) is 0 Å². The largest absolute Gasteiger partial charge is 0.508 e. The molecule has 0 aliphatic carbocycles. The van der Waals surface area contributed by atoms with Crippen LogP contribution in [0, 0.1) is 12.7 Å². The standard InChI is InChI=1S/C16H17FN2O2/c1-10-14(17)8-12(9-15(10)18)16(21)19-7-6-11-2-4-13(20)5-3-11/h2-5,8-9,20H,6-7,18H2,1H3,(H,19,21). The van der Waals surface area contributed by atoms with E-state index in [1.54, 1.807) is 31.2 Å². The lowest BCUT2D eigenvalue weighted by Gasteiger charge is -2.08. The summed E-state index contributed by atoms with van der Waals surface area (Å²) in [5.74, 6) is -0.647. The van der Waals surface area contributed by atoms with Gasteiger partial charge in [0.05, 0.1) is 0 Å². The van der Waals surface area contributed by atoms with Crippen molar-refractivity contribution in [2.75, 3.05) is 12.3 Å². The van der Waals surface area contributed by atoms with Gasteiger partial charge in [-0.3, -0.25) is 4.79 Å². The lowest BCUT2D eigenvalue weighted by molar-refractivity contribution is 0.0953. The molecule has 110 valence electrons. The molecule has 2 aromatic carbocycles. The number of nitrogens with two attached hydrogens (primary N) is 1. The van der Waals surface area contributed by atoms with Crippen LogP contribution in [0.15, 0.2) is 36.4 Å². The van der Waals surface area contributed by atoms with Crippen LogP contribution in [-0.4, -0.2) is 17.6 Å². The molecule has 5 heteroatoms. The average molecular weight is 288 g/mol. The Bertz CT molecular complexity index is 631. The third kappa shape index (κ3) is 3.72. The minimum absolute atomic E-state index is 0.202. The zero-order valence-electron chi connectivity index (χ0n) is 11.7. The molecule has 4 N–H and O–H groups in total. The monoisotopic (exact) mass is 288 g/mol. The second kappa shape index (κ2) is 6.26. The van der Waals surface area contributed by atoms with Crippen LogP contribution in [0.1, 0.15) is 21.5 Å². The Morgan fingerprint density at radius 2 is 1.95 bits per heavy atom. The number of halogens is 1. The number of benzene rings is 2. The van der Waals surface area contributed by atoms with Gasteiger partial charge in [-0.05, 0) is 43.2 Å². The van der Waals surface area contributed by atoms with Crippen LogP contribution in [0.4, 0.5) is 10.1 Å². The van der Waals surface area contributed by atoms with Gasteiger partial charge >= 0.3 is 0 Å². The zero-order chi connectivity index (χ0) is 15.4. The number of rotatable bonds is 4. The molecular formula is C16H17FN2O2. The lowest BCUT2D eigenvalue weighted by atomic mass is 10.1. The van der Waals surface area contributed by atoms with Crippen molar-refractivity contribution in [3.63, 3.8) is 0 Å². The first-order valence-electron chi connectivity index (χ1n) is 6.59. The Morgan fingerprint density at radius 3 is 2.57 bits per heavy atom. The van der Waals surface area contributed by atoms with E-state index in [2.05, 4.69) is 5.32 Å². The smallest absolute Gasteiger partial charge is 0.251 e. The van der Waals surface area contributed by atoms with Gasteiger partial charge in [-0.1, -0.05) is 12.1 Å². The second-order valence-corrected chi connectivity index (χ2v) is 4.84. The Labute approximate surface area is 122 Å². The highest BCUT2D eigenvalue weighted by molar-refractivity contribution is 5.95. The normalized spacial score (nSPS) is 10.4. The SMILES string of the molecule is Cc1c(N)cc(C(=O)NCCc2ccc(O)cc2)cc1F. The minimum atomic E-state index is -0.487. The molecule has 0 aliphatic heterocycles. The van der Waals surface area contributed by atoms with E-state index < -0.39 is 5.82 Å². The van der Waals surface area contributed by atoms with Crippen molar-refractivity contribution < 1.29 is 14.3 Å². The highest BCUT2D eigenvalue weighted by Crippen LogP contribution is 2.17. The third-order valence-corrected chi connectivity index (χ3v) is 3.28. The molecule has 0 saturated carbocycles. The van der Waals surface area contributed by atoms with E-state index in [1.165, 1.54) is 12.1 Å². The van der Waals surface area contributed by atoms with E-state index in [-0.39, 0.29) is 22.9 Å². The molecule has 0 fully saturated rings. The Balaban J connectivity index is 1.94. The topological polar surface area (TPSA) is 75.4 Å². The number of nitrogen functional groups attached to an aromatic ring is 1. The molecule has 0 heterocycles. The Kier molecular flexibility index (Phi) is 4.42. The minimum Gasteiger partial charge on any atom is -0.508 e. The molecular weight excluding hydrogens is 271 g/mol. The summed E-state index contributed by atoms with van der Waals surface area (Å²) in [4.78, 5) is 11.9. The molecule has 21 heavy (non-hydrogen) atoms. The fraction of sp³-hybridized carbons (Fsp3) is 0.188. The molecule has 0 bridgehead atoms. The predicted molar refractivity (Wildman–Crippen MR) is 79.7 cm³/mol. The van der Waals surface area contributed by atoms with Crippen molar-refractivity contribution in [1.82, 2.24) is 5.32 Å². The van der Waals surface area contributed by atoms with Gasteiger partial charge in [-0.25, -0.2) is 4.39 Å². The summed E-state index contributed by atoms with van der Waals surface area (Å²) in [6, 6.07) is 9.40. The lowest BCUT2D eigenvalue weighted by Crippen LogP contribution is -2.26. The molecule has 0 atom stereocenters. The first kappa shape index (κ1) is 14.8. The number of nitrogens with one attached hydrogen (secondary N) is 1. The molecule has 0 unspecified atom stereocenters. The molecule has 0 spiro atoms. The molecule has 4 nitrogen and oxygen atoms in total. The maximum absolute atomic E-state index is 13.5. The van der Waals surface area contributed by atoms with Gasteiger partial charge in [0.2, 0.25) is 0 Å². The molecule has 0 aromatic heterocycles. The summed E-state index contributed by atoms with van der Waals surface area (Å²) in [5, 5.41) is 11.9. The summed E-state index contributed by atoms with van der Waals surface area (Å²) >= 11 is 0.